The van der Waals surface area contributed by atoms with E-state index >= 15 is 0 Å². The second-order valence-electron chi connectivity index (χ2n) is 7.64. The third-order valence-corrected chi connectivity index (χ3v) is 6.67. The van der Waals surface area contributed by atoms with Crippen LogP contribution in [0, 0.1) is 5.41 Å². The van der Waals surface area contributed by atoms with E-state index in [1.165, 1.54) is 0 Å². The van der Waals surface area contributed by atoms with Crippen molar-refractivity contribution in [1.29, 1.82) is 0 Å². The molecule has 0 N–H and O–H groups in total. The van der Waals surface area contributed by atoms with Crippen molar-refractivity contribution in [2.24, 2.45) is 5.41 Å². The molecule has 1 atom stereocenters. The monoisotopic (exact) mass is 374 g/mol. The standard InChI is InChI=1S/C21H30N2O2S/c1-3-22-16-21(10-12-23(13-11-21)19(24)9-14-26-2)15-18(20(22)25)17-7-5-4-6-8-17/h4-8,18H,3,9-16H2,1-2H3/t18-/m1/s1. The number of likely N-dealkylation sites (N-methyl/N-ethyl adjacent to an activating group) is 1. The predicted molar refractivity (Wildman–Crippen MR) is 107 cm³/mol. The molecule has 2 amide bonds. The summed E-state index contributed by atoms with van der Waals surface area (Å²) in [6.07, 6.45) is 5.61. The van der Waals surface area contributed by atoms with Gasteiger partial charge in [0.1, 0.15) is 0 Å². The third kappa shape index (κ3) is 4.08. The average molecular weight is 375 g/mol. The normalized spacial score (nSPS) is 22.7. The van der Waals surface area contributed by atoms with Gasteiger partial charge in [-0.3, -0.25) is 9.59 Å². The Hall–Kier alpha value is -1.49. The van der Waals surface area contributed by atoms with Gasteiger partial charge in [0.25, 0.3) is 0 Å². The van der Waals surface area contributed by atoms with Crippen LogP contribution in [0.2, 0.25) is 0 Å². The highest BCUT2D eigenvalue weighted by atomic mass is 32.2. The van der Waals surface area contributed by atoms with Crippen LogP contribution in [0.4, 0.5) is 0 Å². The number of carbonyl (C=O) groups excluding carboxylic acids is 2. The molecular formula is C21H30N2O2S. The van der Waals surface area contributed by atoms with Gasteiger partial charge in [0.05, 0.1) is 5.92 Å². The molecule has 142 valence electrons. The Kier molecular flexibility index (Phi) is 6.28. The van der Waals surface area contributed by atoms with Gasteiger partial charge in [-0.05, 0) is 43.4 Å². The summed E-state index contributed by atoms with van der Waals surface area (Å²) in [6.45, 7) is 5.35. The van der Waals surface area contributed by atoms with Gasteiger partial charge in [-0.2, -0.15) is 11.8 Å². The lowest BCUT2D eigenvalue weighted by Gasteiger charge is -2.49. The second kappa shape index (κ2) is 8.47. The molecule has 0 unspecified atom stereocenters. The highest BCUT2D eigenvalue weighted by molar-refractivity contribution is 7.98. The first kappa shape index (κ1) is 19.3. The topological polar surface area (TPSA) is 40.6 Å². The van der Waals surface area contributed by atoms with Gasteiger partial charge in [-0.1, -0.05) is 30.3 Å². The number of hydrogen-bond acceptors (Lipinski definition) is 3. The van der Waals surface area contributed by atoms with Crippen LogP contribution in [0.5, 0.6) is 0 Å². The van der Waals surface area contributed by atoms with Crippen molar-refractivity contribution in [2.75, 3.05) is 38.2 Å². The van der Waals surface area contributed by atoms with Crippen molar-refractivity contribution in [1.82, 2.24) is 9.80 Å². The van der Waals surface area contributed by atoms with E-state index in [2.05, 4.69) is 19.1 Å². The minimum Gasteiger partial charge on any atom is -0.343 e. The van der Waals surface area contributed by atoms with Crippen LogP contribution in [0.3, 0.4) is 0 Å². The summed E-state index contributed by atoms with van der Waals surface area (Å²) in [4.78, 5) is 29.3. The molecule has 0 aliphatic carbocycles. The quantitative estimate of drug-likeness (QED) is 0.793. The maximum atomic E-state index is 12.9. The molecule has 2 heterocycles. The van der Waals surface area contributed by atoms with Gasteiger partial charge in [0.15, 0.2) is 0 Å². The summed E-state index contributed by atoms with van der Waals surface area (Å²) >= 11 is 1.73. The first-order chi connectivity index (χ1) is 12.6. The zero-order valence-electron chi connectivity index (χ0n) is 15.9. The largest absolute Gasteiger partial charge is 0.343 e. The molecule has 1 aromatic rings. The van der Waals surface area contributed by atoms with Crippen molar-refractivity contribution in [3.8, 4) is 0 Å². The summed E-state index contributed by atoms with van der Waals surface area (Å²) in [5.74, 6) is 1.41. The Morgan fingerprint density at radius 1 is 1.23 bits per heavy atom. The van der Waals surface area contributed by atoms with Crippen LogP contribution in [0.15, 0.2) is 30.3 Å². The summed E-state index contributed by atoms with van der Waals surface area (Å²) in [5, 5.41) is 0. The molecule has 2 aliphatic heterocycles. The van der Waals surface area contributed by atoms with Gasteiger partial charge in [-0.25, -0.2) is 0 Å². The smallest absolute Gasteiger partial charge is 0.230 e. The van der Waals surface area contributed by atoms with Crippen molar-refractivity contribution < 1.29 is 9.59 Å². The fourth-order valence-corrected chi connectivity index (χ4v) is 4.82. The van der Waals surface area contributed by atoms with E-state index in [4.69, 9.17) is 0 Å². The van der Waals surface area contributed by atoms with Gasteiger partial charge in [0.2, 0.25) is 11.8 Å². The van der Waals surface area contributed by atoms with E-state index in [0.29, 0.717) is 6.42 Å². The minimum absolute atomic E-state index is 0.0383. The molecule has 1 spiro atoms. The Balaban J connectivity index is 1.72. The minimum atomic E-state index is -0.0383. The van der Waals surface area contributed by atoms with Crippen molar-refractivity contribution in [2.45, 2.75) is 38.5 Å². The van der Waals surface area contributed by atoms with Gasteiger partial charge in [0, 0.05) is 38.4 Å². The summed E-state index contributed by atoms with van der Waals surface area (Å²) in [6, 6.07) is 10.2. The first-order valence-electron chi connectivity index (χ1n) is 9.69. The second-order valence-corrected chi connectivity index (χ2v) is 8.63. The van der Waals surface area contributed by atoms with E-state index in [1.54, 1.807) is 11.8 Å². The molecule has 0 saturated carbocycles. The molecule has 2 saturated heterocycles. The molecule has 1 aromatic carbocycles. The molecule has 4 nitrogen and oxygen atoms in total. The van der Waals surface area contributed by atoms with Crippen LogP contribution in [0.25, 0.3) is 0 Å². The third-order valence-electron chi connectivity index (χ3n) is 6.05. The summed E-state index contributed by atoms with van der Waals surface area (Å²) in [5.41, 5.74) is 1.29. The van der Waals surface area contributed by atoms with E-state index in [9.17, 15) is 9.59 Å². The van der Waals surface area contributed by atoms with Crippen LogP contribution < -0.4 is 0 Å². The molecule has 5 heteroatoms. The average Bonchev–Trinajstić information content (AvgIpc) is 2.69. The molecule has 0 bridgehead atoms. The first-order valence-corrected chi connectivity index (χ1v) is 11.1. The molecule has 0 radical (unpaired) electrons. The number of amides is 2. The zero-order valence-corrected chi connectivity index (χ0v) is 16.8. The molecule has 0 aromatic heterocycles. The fraction of sp³-hybridized carbons (Fsp3) is 0.619. The number of carbonyl (C=O) groups is 2. The Labute approximate surface area is 161 Å². The van der Waals surface area contributed by atoms with E-state index in [-0.39, 0.29) is 23.1 Å². The van der Waals surface area contributed by atoms with E-state index in [1.807, 2.05) is 34.3 Å². The number of rotatable bonds is 5. The lowest BCUT2D eigenvalue weighted by atomic mass is 9.67. The molecule has 2 fully saturated rings. The lowest BCUT2D eigenvalue weighted by Crippen LogP contribution is -2.54. The van der Waals surface area contributed by atoms with Gasteiger partial charge in [-0.15, -0.1) is 0 Å². The zero-order chi connectivity index (χ0) is 18.6. The molecule has 2 aliphatic rings. The Morgan fingerprint density at radius 2 is 1.92 bits per heavy atom. The molecular weight excluding hydrogens is 344 g/mol. The highest BCUT2D eigenvalue weighted by Crippen LogP contribution is 2.45. The Morgan fingerprint density at radius 3 is 2.54 bits per heavy atom. The van der Waals surface area contributed by atoms with E-state index < -0.39 is 0 Å². The summed E-state index contributed by atoms with van der Waals surface area (Å²) < 4.78 is 0. The van der Waals surface area contributed by atoms with Crippen molar-refractivity contribution in [3.05, 3.63) is 35.9 Å². The lowest BCUT2D eigenvalue weighted by molar-refractivity contribution is -0.144. The maximum Gasteiger partial charge on any atom is 0.230 e. The van der Waals surface area contributed by atoms with Gasteiger partial charge < -0.3 is 9.80 Å². The number of benzene rings is 1. The molecule has 3 rings (SSSR count). The number of thioether (sulfide) groups is 1. The van der Waals surface area contributed by atoms with Crippen molar-refractivity contribution in [3.63, 3.8) is 0 Å². The SMILES string of the molecule is CCN1CC2(CCN(C(=O)CCSC)CC2)C[C@H](c2ccccc2)C1=O. The number of likely N-dealkylation sites (tertiary alicyclic amines) is 2. The maximum absolute atomic E-state index is 12.9. The number of piperidine rings is 2. The van der Waals surface area contributed by atoms with Crippen LogP contribution in [-0.4, -0.2) is 59.8 Å². The van der Waals surface area contributed by atoms with Crippen LogP contribution >= 0.6 is 11.8 Å². The Bertz CT molecular complexity index is 626. The van der Waals surface area contributed by atoms with E-state index in [0.717, 1.165) is 56.8 Å². The molecule has 26 heavy (non-hydrogen) atoms. The van der Waals surface area contributed by atoms with Crippen molar-refractivity contribution >= 4 is 23.6 Å². The van der Waals surface area contributed by atoms with Gasteiger partial charge >= 0.3 is 0 Å². The predicted octanol–water partition coefficient (Wildman–Crippen LogP) is 3.38. The van der Waals surface area contributed by atoms with Crippen LogP contribution in [0.1, 0.15) is 44.1 Å². The number of nitrogens with zero attached hydrogens (tertiary/aromatic N) is 2. The fourth-order valence-electron chi connectivity index (χ4n) is 4.44. The number of hydrogen-bond donors (Lipinski definition) is 0. The highest BCUT2D eigenvalue weighted by Gasteiger charge is 2.46. The van der Waals surface area contributed by atoms with Crippen LogP contribution in [-0.2, 0) is 9.59 Å². The summed E-state index contributed by atoms with van der Waals surface area (Å²) in [7, 11) is 0.